The van der Waals surface area contributed by atoms with Crippen molar-refractivity contribution in [2.24, 2.45) is 13.0 Å². The van der Waals surface area contributed by atoms with Crippen LogP contribution in [-0.2, 0) is 7.05 Å². The number of aromatic nitrogens is 4. The normalized spacial score (nSPS) is 14.9. The highest BCUT2D eigenvalue weighted by Gasteiger charge is 2.21. The Hall–Kier alpha value is -3.91. The molecule has 1 aliphatic rings. The third-order valence-electron chi connectivity index (χ3n) is 5.36. The number of aryl methyl sites for hydroxylation is 1. The van der Waals surface area contributed by atoms with Gasteiger partial charge in [0.2, 0.25) is 5.13 Å². The standard InChI is InChI=1S/C24H21F2N5O3S/c1-31-13-17(15-10-18(22(25)26)27-12-19(15)34-2)16(11-21(31)32)23(33)28-24-30-29-20(35-24)9-8-14-6-4-3-5-7-14/h4,6,10-14,22H,3,5,7H2,1-2H3,(H,28,30,33). The first-order valence-corrected chi connectivity index (χ1v) is 11.5. The molecule has 1 atom stereocenters. The highest BCUT2D eigenvalue weighted by Crippen LogP contribution is 2.34. The van der Waals surface area contributed by atoms with Crippen molar-refractivity contribution >= 4 is 22.4 Å². The molecule has 1 aliphatic carbocycles. The van der Waals surface area contributed by atoms with Gasteiger partial charge in [0, 0.05) is 36.4 Å². The van der Waals surface area contributed by atoms with Gasteiger partial charge in [-0.15, -0.1) is 10.2 Å². The number of ether oxygens (including phenoxy) is 1. The van der Waals surface area contributed by atoms with Crippen molar-refractivity contribution < 1.29 is 18.3 Å². The van der Waals surface area contributed by atoms with E-state index in [1.54, 1.807) is 0 Å². The van der Waals surface area contributed by atoms with Crippen LogP contribution >= 0.6 is 11.3 Å². The van der Waals surface area contributed by atoms with Crippen molar-refractivity contribution in [3.8, 4) is 28.7 Å². The smallest absolute Gasteiger partial charge is 0.280 e. The van der Waals surface area contributed by atoms with Gasteiger partial charge < -0.3 is 9.30 Å². The number of amides is 1. The monoisotopic (exact) mass is 497 g/mol. The van der Waals surface area contributed by atoms with Crippen LogP contribution in [0.3, 0.4) is 0 Å². The van der Waals surface area contributed by atoms with E-state index < -0.39 is 23.6 Å². The molecule has 0 radical (unpaired) electrons. The highest BCUT2D eigenvalue weighted by molar-refractivity contribution is 7.15. The zero-order valence-electron chi connectivity index (χ0n) is 18.9. The number of hydrogen-bond acceptors (Lipinski definition) is 7. The molecule has 180 valence electrons. The summed E-state index contributed by atoms with van der Waals surface area (Å²) in [7, 11) is 2.85. The lowest BCUT2D eigenvalue weighted by Crippen LogP contribution is -2.22. The fourth-order valence-electron chi connectivity index (χ4n) is 3.56. The molecule has 3 heterocycles. The van der Waals surface area contributed by atoms with Crippen molar-refractivity contribution in [1.29, 1.82) is 0 Å². The van der Waals surface area contributed by atoms with E-state index in [4.69, 9.17) is 4.74 Å². The first kappa shape index (κ1) is 24.2. The predicted molar refractivity (Wildman–Crippen MR) is 128 cm³/mol. The van der Waals surface area contributed by atoms with Gasteiger partial charge in [0.05, 0.1) is 18.9 Å². The first-order valence-electron chi connectivity index (χ1n) is 10.7. The van der Waals surface area contributed by atoms with E-state index >= 15 is 0 Å². The number of nitrogens with zero attached hydrogens (tertiary/aromatic N) is 4. The second kappa shape index (κ2) is 10.6. The number of hydrogen-bond donors (Lipinski definition) is 1. The van der Waals surface area contributed by atoms with E-state index in [0.29, 0.717) is 5.01 Å². The van der Waals surface area contributed by atoms with Gasteiger partial charge in [-0.25, -0.2) is 8.78 Å². The summed E-state index contributed by atoms with van der Waals surface area (Å²) in [5, 5.41) is 11.2. The molecular weight excluding hydrogens is 476 g/mol. The highest BCUT2D eigenvalue weighted by atomic mass is 32.1. The van der Waals surface area contributed by atoms with Crippen molar-refractivity contribution in [3.05, 3.63) is 63.3 Å². The molecule has 0 saturated heterocycles. The minimum Gasteiger partial charge on any atom is -0.494 e. The number of rotatable bonds is 5. The van der Waals surface area contributed by atoms with Crippen LogP contribution in [0, 0.1) is 17.8 Å². The second-order valence-corrected chi connectivity index (χ2v) is 8.74. The lowest BCUT2D eigenvalue weighted by molar-refractivity contribution is 0.102. The number of nitrogens with one attached hydrogen (secondary N) is 1. The van der Waals surface area contributed by atoms with Crippen molar-refractivity contribution in [3.63, 3.8) is 0 Å². The van der Waals surface area contributed by atoms with E-state index in [1.807, 2.05) is 0 Å². The summed E-state index contributed by atoms with van der Waals surface area (Å²) >= 11 is 1.10. The van der Waals surface area contributed by atoms with E-state index in [9.17, 15) is 18.4 Å². The van der Waals surface area contributed by atoms with Crippen molar-refractivity contribution in [1.82, 2.24) is 19.7 Å². The fraction of sp³-hybridized carbons (Fsp3) is 0.292. The number of anilines is 1. The van der Waals surface area contributed by atoms with Crippen LogP contribution in [0.2, 0.25) is 0 Å². The molecule has 3 aromatic rings. The zero-order chi connectivity index (χ0) is 24.9. The Morgan fingerprint density at radius 1 is 1.31 bits per heavy atom. The quantitative estimate of drug-likeness (QED) is 0.419. The topological polar surface area (TPSA) is 99.0 Å². The number of carbonyl (C=O) groups excluding carboxylic acids is 1. The molecule has 0 bridgehead atoms. The molecule has 1 N–H and O–H groups in total. The second-order valence-electron chi connectivity index (χ2n) is 7.76. The van der Waals surface area contributed by atoms with Gasteiger partial charge in [-0.1, -0.05) is 29.4 Å². The Morgan fingerprint density at radius 2 is 2.14 bits per heavy atom. The van der Waals surface area contributed by atoms with Gasteiger partial charge in [-0.2, -0.15) is 0 Å². The van der Waals surface area contributed by atoms with Crippen LogP contribution in [-0.4, -0.2) is 32.8 Å². The van der Waals surface area contributed by atoms with Crippen molar-refractivity contribution in [2.45, 2.75) is 25.7 Å². The van der Waals surface area contributed by atoms with E-state index in [1.165, 1.54) is 24.9 Å². The maximum Gasteiger partial charge on any atom is 0.280 e. The lowest BCUT2D eigenvalue weighted by atomic mass is 9.97. The average molecular weight is 498 g/mol. The van der Waals surface area contributed by atoms with E-state index in [0.717, 1.165) is 48.9 Å². The van der Waals surface area contributed by atoms with Crippen LogP contribution in [0.4, 0.5) is 13.9 Å². The van der Waals surface area contributed by atoms with Crippen LogP contribution in [0.15, 0.2) is 41.5 Å². The molecule has 0 saturated carbocycles. The van der Waals surface area contributed by atoms with Crippen LogP contribution in [0.1, 0.15) is 46.7 Å². The number of methoxy groups -OCH3 is 1. The molecule has 8 nitrogen and oxygen atoms in total. The van der Waals surface area contributed by atoms with Gasteiger partial charge >= 0.3 is 0 Å². The van der Waals surface area contributed by atoms with E-state index in [-0.39, 0.29) is 33.5 Å². The van der Waals surface area contributed by atoms with E-state index in [2.05, 4.69) is 44.5 Å². The minimum atomic E-state index is -2.82. The van der Waals surface area contributed by atoms with Crippen LogP contribution < -0.4 is 15.6 Å². The molecule has 0 aromatic carbocycles. The fourth-order valence-corrected chi connectivity index (χ4v) is 4.16. The van der Waals surface area contributed by atoms with Gasteiger partial charge in [-0.05, 0) is 31.2 Å². The molecule has 0 fully saturated rings. The largest absolute Gasteiger partial charge is 0.494 e. The number of halogens is 2. The third kappa shape index (κ3) is 5.60. The maximum atomic E-state index is 13.3. The Kier molecular flexibility index (Phi) is 7.31. The SMILES string of the molecule is COc1cnc(C(F)F)cc1-c1cn(C)c(=O)cc1C(=O)Nc1nnc(C#CC2C=CCCC2)s1. The molecule has 0 spiro atoms. The predicted octanol–water partition coefficient (Wildman–Crippen LogP) is 4.21. The summed E-state index contributed by atoms with van der Waals surface area (Å²) in [5.41, 5.74) is -0.554. The summed E-state index contributed by atoms with van der Waals surface area (Å²) in [6.45, 7) is 0. The average Bonchev–Trinajstić information content (AvgIpc) is 3.31. The Balaban J connectivity index is 1.65. The van der Waals surface area contributed by atoms with Gasteiger partial charge in [0.1, 0.15) is 11.4 Å². The summed E-state index contributed by atoms with van der Waals surface area (Å²) in [6.07, 6.45) is 7.04. The number of alkyl halides is 2. The maximum absolute atomic E-state index is 13.3. The first-order chi connectivity index (χ1) is 16.9. The van der Waals surface area contributed by atoms with Gasteiger partial charge in [0.25, 0.3) is 17.9 Å². The molecular formula is C24H21F2N5O3S. The zero-order valence-corrected chi connectivity index (χ0v) is 19.7. The Morgan fingerprint density at radius 3 is 2.86 bits per heavy atom. The van der Waals surface area contributed by atoms with Gasteiger partial charge in [0.15, 0.2) is 5.01 Å². The van der Waals surface area contributed by atoms with Crippen LogP contribution in [0.5, 0.6) is 5.75 Å². The summed E-state index contributed by atoms with van der Waals surface area (Å²) in [4.78, 5) is 29.1. The van der Waals surface area contributed by atoms with Crippen molar-refractivity contribution in [2.75, 3.05) is 12.4 Å². The minimum absolute atomic E-state index is 0.0343. The molecule has 35 heavy (non-hydrogen) atoms. The van der Waals surface area contributed by atoms with Crippen LogP contribution in [0.25, 0.3) is 11.1 Å². The lowest BCUT2D eigenvalue weighted by Gasteiger charge is -2.14. The number of pyridine rings is 2. The molecule has 3 aromatic heterocycles. The Labute approximate surface area is 203 Å². The molecule has 1 unspecified atom stereocenters. The molecule has 11 heteroatoms. The Bertz CT molecular complexity index is 1400. The summed E-state index contributed by atoms with van der Waals surface area (Å²) in [6, 6.07) is 2.27. The summed E-state index contributed by atoms with van der Waals surface area (Å²) < 4.78 is 33.1. The summed E-state index contributed by atoms with van der Waals surface area (Å²) in [5.74, 6) is 5.81. The molecule has 0 aliphatic heterocycles. The molecule has 1 amide bonds. The third-order valence-corrected chi connectivity index (χ3v) is 6.11. The molecule has 4 rings (SSSR count). The number of allylic oxidation sites excluding steroid dienone is 2. The number of carbonyl (C=O) groups is 1. The van der Waals surface area contributed by atoms with Gasteiger partial charge in [-0.3, -0.25) is 19.9 Å².